The third-order valence-electron chi connectivity index (χ3n) is 5.52. The molecule has 0 saturated heterocycles. The fourth-order valence-corrected chi connectivity index (χ4v) is 4.95. The largest absolute Gasteiger partial charge is 0.467 e. The predicted molar refractivity (Wildman–Crippen MR) is 128 cm³/mol. The van der Waals surface area contributed by atoms with Gasteiger partial charge in [-0.3, -0.25) is 9.59 Å². The zero-order valence-corrected chi connectivity index (χ0v) is 20.4. The lowest BCUT2D eigenvalue weighted by Crippen LogP contribution is -2.59. The quantitative estimate of drug-likeness (QED) is 0.305. The van der Waals surface area contributed by atoms with Crippen LogP contribution < -0.4 is 16.0 Å². The number of nitrogens with one attached hydrogen (secondary N) is 3. The van der Waals surface area contributed by atoms with Gasteiger partial charge in [0.2, 0.25) is 5.91 Å². The van der Waals surface area contributed by atoms with Crippen molar-refractivity contribution < 1.29 is 19.1 Å². The molecule has 9 heteroatoms. The topological polar surface area (TPSA) is 96.5 Å². The van der Waals surface area contributed by atoms with E-state index < -0.39 is 40.7 Å². The minimum absolute atomic E-state index is 0.136. The van der Waals surface area contributed by atoms with Crippen LogP contribution >= 0.6 is 24.4 Å². The zero-order valence-electron chi connectivity index (χ0n) is 18.7. The monoisotopic (exact) mass is 467 g/mol. The van der Waals surface area contributed by atoms with Crippen LogP contribution in [-0.2, 0) is 25.5 Å². The van der Waals surface area contributed by atoms with Gasteiger partial charge < -0.3 is 20.7 Å². The number of carbonyl (C=O) groups is 3. The van der Waals surface area contributed by atoms with Gasteiger partial charge in [-0.25, -0.2) is 4.79 Å². The maximum Gasteiger partial charge on any atom is 0.329 e. The number of ether oxygens (including phenoxy) is 1. The number of amides is 1. The maximum absolute atomic E-state index is 13.7. The van der Waals surface area contributed by atoms with Gasteiger partial charge in [-0.05, 0) is 44.7 Å². The molecule has 0 bridgehead atoms. The zero-order chi connectivity index (χ0) is 23.2. The van der Waals surface area contributed by atoms with Crippen LogP contribution in [0.25, 0.3) is 0 Å². The number of methoxy groups -OCH3 is 1. The number of thioether (sulfide) groups is 1. The average molecular weight is 468 g/mol. The molecule has 172 valence electrons. The van der Waals surface area contributed by atoms with Gasteiger partial charge in [-0.15, -0.1) is 0 Å². The van der Waals surface area contributed by atoms with Gasteiger partial charge in [0.1, 0.15) is 12.1 Å². The number of hydrogen-bond acceptors (Lipinski definition) is 8. The SMILES string of the molecule is CN[C@H](C(=O)N[C@H](C(=O)OC)[C@H](CSC)C(=O)C1NCCc2ccccc21)C(C)(C)S. The molecule has 7 nitrogen and oxygen atoms in total. The second-order valence-corrected chi connectivity index (χ2v) is 10.2. The molecular weight excluding hydrogens is 434 g/mol. The lowest BCUT2D eigenvalue weighted by Gasteiger charge is -2.34. The van der Waals surface area contributed by atoms with Crippen molar-refractivity contribution >= 4 is 42.1 Å². The number of ketones is 1. The summed E-state index contributed by atoms with van der Waals surface area (Å²) in [6, 6.07) is 5.52. The maximum atomic E-state index is 13.7. The van der Waals surface area contributed by atoms with Gasteiger partial charge in [-0.1, -0.05) is 24.3 Å². The Bertz CT molecular complexity index is 797. The number of hydrogen-bond donors (Lipinski definition) is 4. The number of thiol groups is 1. The van der Waals surface area contributed by atoms with Gasteiger partial charge in [0.05, 0.1) is 19.1 Å². The van der Waals surface area contributed by atoms with Crippen molar-refractivity contribution in [1.29, 1.82) is 0 Å². The summed E-state index contributed by atoms with van der Waals surface area (Å²) in [5.41, 5.74) is 2.04. The van der Waals surface area contributed by atoms with E-state index in [4.69, 9.17) is 4.74 Å². The number of fused-ring (bicyclic) bond motifs is 1. The van der Waals surface area contributed by atoms with Crippen LogP contribution in [0.4, 0.5) is 0 Å². The van der Waals surface area contributed by atoms with Crippen LogP contribution in [0.2, 0.25) is 0 Å². The first-order valence-electron chi connectivity index (χ1n) is 10.3. The molecule has 0 aliphatic carbocycles. The normalized spacial score (nSPS) is 19.0. The predicted octanol–water partition coefficient (Wildman–Crippen LogP) is 1.38. The Morgan fingerprint density at radius 1 is 1.32 bits per heavy atom. The molecule has 1 unspecified atom stereocenters. The smallest absolute Gasteiger partial charge is 0.329 e. The van der Waals surface area contributed by atoms with Crippen LogP contribution in [-0.4, -0.2) is 67.2 Å². The highest BCUT2D eigenvalue weighted by atomic mass is 32.2. The van der Waals surface area contributed by atoms with Crippen molar-refractivity contribution in [2.75, 3.05) is 32.7 Å². The van der Waals surface area contributed by atoms with Crippen molar-refractivity contribution in [2.24, 2.45) is 5.92 Å². The van der Waals surface area contributed by atoms with Gasteiger partial charge in [-0.2, -0.15) is 24.4 Å². The molecule has 31 heavy (non-hydrogen) atoms. The van der Waals surface area contributed by atoms with Gasteiger partial charge in [0.15, 0.2) is 5.78 Å². The van der Waals surface area contributed by atoms with E-state index in [0.29, 0.717) is 12.3 Å². The molecule has 4 atom stereocenters. The molecular formula is C22H33N3O4S2. The third kappa shape index (κ3) is 6.25. The Hall–Kier alpha value is -1.55. The molecule has 0 radical (unpaired) electrons. The molecule has 1 amide bonds. The molecule has 0 fully saturated rings. The summed E-state index contributed by atoms with van der Waals surface area (Å²) >= 11 is 5.94. The van der Waals surface area contributed by atoms with Gasteiger partial charge in [0.25, 0.3) is 0 Å². The molecule has 0 aromatic heterocycles. The van der Waals surface area contributed by atoms with Crippen LogP contribution in [0, 0.1) is 5.92 Å². The fraction of sp³-hybridized carbons (Fsp3) is 0.591. The molecule has 1 aromatic carbocycles. The summed E-state index contributed by atoms with van der Waals surface area (Å²) in [4.78, 5) is 39.4. The van der Waals surface area contributed by atoms with E-state index in [1.165, 1.54) is 18.9 Å². The summed E-state index contributed by atoms with van der Waals surface area (Å²) in [6.45, 7) is 4.28. The molecule has 0 saturated carbocycles. The van der Waals surface area contributed by atoms with Crippen molar-refractivity contribution in [3.8, 4) is 0 Å². The first-order chi connectivity index (χ1) is 14.6. The average Bonchev–Trinajstić information content (AvgIpc) is 2.74. The van der Waals surface area contributed by atoms with Crippen molar-refractivity contribution in [3.63, 3.8) is 0 Å². The Labute approximate surface area is 194 Å². The second kappa shape index (κ2) is 11.4. The summed E-state index contributed by atoms with van der Waals surface area (Å²) in [7, 11) is 2.91. The third-order valence-corrected chi connectivity index (χ3v) is 6.47. The first-order valence-corrected chi connectivity index (χ1v) is 12.1. The van der Waals surface area contributed by atoms with E-state index in [0.717, 1.165) is 17.5 Å². The Morgan fingerprint density at radius 3 is 2.58 bits per heavy atom. The van der Waals surface area contributed by atoms with E-state index in [-0.39, 0.29) is 5.78 Å². The standard InChI is InChI=1S/C22H33N3O4S2/c1-22(2,30)19(23-3)20(27)25-17(21(28)29-4)15(12-31-5)18(26)16-14-9-7-6-8-13(14)10-11-24-16/h6-9,15-17,19,23-24,30H,10-12H2,1-5H3,(H,25,27)/t15-,16?,17-,19+/m0/s1. The molecule has 0 spiro atoms. The van der Waals surface area contributed by atoms with Crippen LogP contribution in [0.15, 0.2) is 24.3 Å². The highest BCUT2D eigenvalue weighted by Gasteiger charge is 2.42. The van der Waals surface area contributed by atoms with E-state index >= 15 is 0 Å². The molecule has 2 rings (SSSR count). The van der Waals surface area contributed by atoms with Crippen molar-refractivity contribution in [3.05, 3.63) is 35.4 Å². The molecule has 3 N–H and O–H groups in total. The fourth-order valence-electron chi connectivity index (χ4n) is 3.99. The Kier molecular flexibility index (Phi) is 9.42. The number of likely N-dealkylation sites (N-methyl/N-ethyl adjacent to an activating group) is 1. The summed E-state index contributed by atoms with van der Waals surface area (Å²) in [5.74, 6) is -1.57. The molecule has 1 heterocycles. The van der Waals surface area contributed by atoms with E-state index in [2.05, 4.69) is 28.6 Å². The van der Waals surface area contributed by atoms with Crippen molar-refractivity contribution in [2.45, 2.75) is 43.1 Å². The van der Waals surface area contributed by atoms with Gasteiger partial charge in [0, 0.05) is 17.0 Å². The van der Waals surface area contributed by atoms with Gasteiger partial charge >= 0.3 is 5.97 Å². The molecule has 1 aliphatic rings. The number of Topliss-reactive ketones (excluding diaryl/α,β-unsaturated/α-hetero) is 1. The highest BCUT2D eigenvalue weighted by molar-refractivity contribution is 7.98. The Morgan fingerprint density at radius 2 is 2.00 bits per heavy atom. The van der Waals surface area contributed by atoms with E-state index in [9.17, 15) is 14.4 Å². The summed E-state index contributed by atoms with van der Waals surface area (Å²) < 4.78 is 4.29. The summed E-state index contributed by atoms with van der Waals surface area (Å²) in [6.07, 6.45) is 2.71. The lowest BCUT2D eigenvalue weighted by molar-refractivity contribution is -0.149. The number of rotatable bonds is 10. The molecule has 1 aromatic rings. The van der Waals surface area contributed by atoms with Crippen LogP contribution in [0.3, 0.4) is 0 Å². The Balaban J connectivity index is 2.36. The minimum atomic E-state index is -1.10. The van der Waals surface area contributed by atoms with Crippen LogP contribution in [0.1, 0.15) is 31.0 Å². The number of benzene rings is 1. The molecule has 1 aliphatic heterocycles. The van der Waals surface area contributed by atoms with Crippen molar-refractivity contribution in [1.82, 2.24) is 16.0 Å². The minimum Gasteiger partial charge on any atom is -0.467 e. The van der Waals surface area contributed by atoms with E-state index in [1.54, 1.807) is 20.9 Å². The first kappa shape index (κ1) is 25.7. The number of carbonyl (C=O) groups excluding carboxylic acids is 3. The number of esters is 1. The van der Waals surface area contributed by atoms with Crippen LogP contribution in [0.5, 0.6) is 0 Å². The summed E-state index contributed by atoms with van der Waals surface area (Å²) in [5, 5.41) is 8.99. The lowest BCUT2D eigenvalue weighted by atomic mass is 9.84. The second-order valence-electron chi connectivity index (χ2n) is 8.18. The highest BCUT2D eigenvalue weighted by Crippen LogP contribution is 2.28. The van der Waals surface area contributed by atoms with E-state index in [1.807, 2.05) is 30.5 Å².